The van der Waals surface area contributed by atoms with E-state index in [-0.39, 0.29) is 27.1 Å². The van der Waals surface area contributed by atoms with Crippen molar-refractivity contribution in [2.24, 2.45) is 0 Å². The van der Waals surface area contributed by atoms with Crippen molar-refractivity contribution in [1.82, 2.24) is 0 Å². The van der Waals surface area contributed by atoms with Gasteiger partial charge < -0.3 is 19.9 Å². The number of aromatic hydroxyl groups is 1. The predicted octanol–water partition coefficient (Wildman–Crippen LogP) is 5.47. The van der Waals surface area contributed by atoms with Gasteiger partial charge in [0.2, 0.25) is 5.91 Å². The molecule has 0 radical (unpaired) electrons. The van der Waals surface area contributed by atoms with Gasteiger partial charge in [0.25, 0.3) is 0 Å². The number of rotatable bonds is 6. The summed E-state index contributed by atoms with van der Waals surface area (Å²) in [5.41, 5.74) is 3.40. The van der Waals surface area contributed by atoms with E-state index in [1.807, 2.05) is 36.4 Å². The lowest BCUT2D eigenvalue weighted by atomic mass is 9.88. The summed E-state index contributed by atoms with van der Waals surface area (Å²) in [6.07, 6.45) is 1.07. The molecule has 0 aromatic heterocycles. The van der Waals surface area contributed by atoms with Crippen molar-refractivity contribution in [3.63, 3.8) is 0 Å². The van der Waals surface area contributed by atoms with Crippen molar-refractivity contribution in [3.05, 3.63) is 69.4 Å². The maximum atomic E-state index is 12.5. The van der Waals surface area contributed by atoms with Crippen molar-refractivity contribution in [1.29, 1.82) is 0 Å². The van der Waals surface area contributed by atoms with Crippen molar-refractivity contribution < 1.29 is 24.2 Å². The lowest BCUT2D eigenvalue weighted by Crippen LogP contribution is -2.13. The normalized spacial score (nSPS) is 11.1. The molecule has 0 fully saturated rings. The van der Waals surface area contributed by atoms with Gasteiger partial charge in [-0.2, -0.15) is 0 Å². The van der Waals surface area contributed by atoms with Crippen molar-refractivity contribution in [3.8, 4) is 28.2 Å². The van der Waals surface area contributed by atoms with Crippen LogP contribution in [0, 0.1) is 0 Å². The first-order chi connectivity index (χ1) is 16.3. The highest BCUT2D eigenvalue weighted by Crippen LogP contribution is 2.43. The zero-order valence-corrected chi connectivity index (χ0v) is 20.7. The molecule has 7 nitrogen and oxygen atoms in total. The third-order valence-corrected chi connectivity index (χ3v) is 6.48. The molecule has 0 atom stereocenters. The molecule has 1 aliphatic carbocycles. The van der Waals surface area contributed by atoms with Gasteiger partial charge in [0.15, 0.2) is 5.43 Å². The Hall–Kier alpha value is -3.40. The van der Waals surface area contributed by atoms with Gasteiger partial charge in [0.1, 0.15) is 17.1 Å². The number of carbonyl (C=O) groups is 2. The number of phenolic OH excluding ortho intramolecular Hbond substituents is 1. The minimum Gasteiger partial charge on any atom is -0.508 e. The average Bonchev–Trinajstić information content (AvgIpc) is 2.81. The zero-order chi connectivity index (χ0) is 24.6. The van der Waals surface area contributed by atoms with Gasteiger partial charge >= 0.3 is 5.97 Å². The standard InChI is InChI=1S/C26H22INO6/c1-3-13-7-18-22(10-20(13)29)34-23-11-21(30)14(4-2)8-19(23)25(18)16-6-5-15(28-24(31)12-27)9-17(16)26(32)33/h5-11,29H,3-4,12H2,1-2H3,(H,28,31)(H,32,33). The molecular formula is C26H22INO6. The van der Waals surface area contributed by atoms with Crippen molar-refractivity contribution >= 4 is 51.1 Å². The number of alkyl halides is 1. The molecule has 1 heterocycles. The van der Waals surface area contributed by atoms with Crippen LogP contribution in [0.1, 0.15) is 35.3 Å². The number of anilines is 1. The number of carbonyl (C=O) groups excluding carboxylic acids is 1. The number of halogens is 1. The predicted molar refractivity (Wildman–Crippen MR) is 139 cm³/mol. The highest BCUT2D eigenvalue weighted by Gasteiger charge is 2.24. The number of carboxylic acids is 1. The molecule has 0 bridgehead atoms. The fourth-order valence-corrected chi connectivity index (χ4v) is 4.29. The third-order valence-electron chi connectivity index (χ3n) is 5.79. The Kier molecular flexibility index (Phi) is 6.60. The molecule has 0 spiro atoms. The van der Waals surface area contributed by atoms with E-state index >= 15 is 0 Å². The van der Waals surface area contributed by atoms with Gasteiger partial charge in [0, 0.05) is 39.9 Å². The number of phenols is 1. The van der Waals surface area contributed by atoms with E-state index in [1.54, 1.807) is 24.3 Å². The number of nitrogens with one attached hydrogen (secondary N) is 1. The third kappa shape index (κ3) is 4.25. The van der Waals surface area contributed by atoms with E-state index in [1.165, 1.54) is 18.2 Å². The van der Waals surface area contributed by atoms with Gasteiger partial charge in [-0.3, -0.25) is 9.59 Å². The second-order valence-electron chi connectivity index (χ2n) is 7.86. The van der Waals surface area contributed by atoms with E-state index in [0.717, 1.165) is 0 Å². The number of hydrogen-bond donors (Lipinski definition) is 3. The van der Waals surface area contributed by atoms with Crippen molar-refractivity contribution in [2.75, 3.05) is 9.74 Å². The van der Waals surface area contributed by atoms with Gasteiger partial charge in [-0.05, 0) is 48.2 Å². The lowest BCUT2D eigenvalue weighted by Gasteiger charge is -2.19. The van der Waals surface area contributed by atoms with Crippen LogP contribution in [0.25, 0.3) is 33.4 Å². The summed E-state index contributed by atoms with van der Waals surface area (Å²) in [5.74, 6) is -1.04. The van der Waals surface area contributed by atoms with Crippen LogP contribution in [0.15, 0.2) is 51.7 Å². The Morgan fingerprint density at radius 1 is 1.00 bits per heavy atom. The van der Waals surface area contributed by atoms with Crippen LogP contribution in [0.5, 0.6) is 5.75 Å². The van der Waals surface area contributed by atoms with Gasteiger partial charge in [-0.1, -0.05) is 42.5 Å². The van der Waals surface area contributed by atoms with Crippen molar-refractivity contribution in [2.45, 2.75) is 26.7 Å². The molecule has 4 rings (SSSR count). The molecule has 1 amide bonds. The summed E-state index contributed by atoms with van der Waals surface area (Å²) in [6, 6.07) is 11.1. The number of amides is 1. The molecule has 34 heavy (non-hydrogen) atoms. The molecule has 174 valence electrons. The van der Waals surface area contributed by atoms with E-state index in [2.05, 4.69) is 5.32 Å². The summed E-state index contributed by atoms with van der Waals surface area (Å²) in [5, 5.41) is 23.8. The van der Waals surface area contributed by atoms with Crippen LogP contribution in [0.4, 0.5) is 5.69 Å². The fraction of sp³-hybridized carbons (Fsp3) is 0.192. The van der Waals surface area contributed by atoms with Gasteiger partial charge in [-0.15, -0.1) is 0 Å². The topological polar surface area (TPSA) is 117 Å². The highest BCUT2D eigenvalue weighted by atomic mass is 127. The van der Waals surface area contributed by atoms with E-state index in [9.17, 15) is 24.6 Å². The number of carboxylic acid groups (broad SMARTS) is 1. The van der Waals surface area contributed by atoms with E-state index < -0.39 is 5.97 Å². The Morgan fingerprint density at radius 3 is 2.38 bits per heavy atom. The summed E-state index contributed by atoms with van der Waals surface area (Å²) in [7, 11) is 0. The number of hydrogen-bond acceptors (Lipinski definition) is 5. The second-order valence-corrected chi connectivity index (χ2v) is 8.63. The van der Waals surface area contributed by atoms with Crippen LogP contribution in [-0.4, -0.2) is 26.5 Å². The number of aromatic carboxylic acids is 1. The van der Waals surface area contributed by atoms with Crippen LogP contribution in [-0.2, 0) is 17.6 Å². The largest absolute Gasteiger partial charge is 0.508 e. The summed E-state index contributed by atoms with van der Waals surface area (Å²) < 4.78 is 6.23. The molecule has 2 aliphatic rings. The molecule has 2 aromatic rings. The highest BCUT2D eigenvalue weighted by molar-refractivity contribution is 14.1. The number of benzene rings is 3. The second kappa shape index (κ2) is 9.46. The van der Waals surface area contributed by atoms with Crippen LogP contribution < -0.4 is 10.7 Å². The van der Waals surface area contributed by atoms with Gasteiger partial charge in [0.05, 0.1) is 9.99 Å². The molecular weight excluding hydrogens is 549 g/mol. The maximum absolute atomic E-state index is 12.5. The smallest absolute Gasteiger partial charge is 0.336 e. The molecule has 2 aromatic carbocycles. The minimum atomic E-state index is -1.16. The van der Waals surface area contributed by atoms with Crippen LogP contribution >= 0.6 is 22.6 Å². The van der Waals surface area contributed by atoms with Crippen LogP contribution in [0.2, 0.25) is 0 Å². The summed E-state index contributed by atoms with van der Waals surface area (Å²) >= 11 is 1.93. The fourth-order valence-electron chi connectivity index (χ4n) is 4.10. The first-order valence-corrected chi connectivity index (χ1v) is 12.3. The Balaban J connectivity index is 2.13. The maximum Gasteiger partial charge on any atom is 0.336 e. The monoisotopic (exact) mass is 571 g/mol. The molecule has 8 heteroatoms. The first-order valence-electron chi connectivity index (χ1n) is 10.8. The minimum absolute atomic E-state index is 0.00423. The molecule has 1 aliphatic heterocycles. The molecule has 0 saturated carbocycles. The number of aryl methyl sites for hydroxylation is 2. The quantitative estimate of drug-likeness (QED) is 0.161. The summed E-state index contributed by atoms with van der Waals surface area (Å²) in [4.78, 5) is 36.7. The van der Waals surface area contributed by atoms with Crippen LogP contribution in [0.3, 0.4) is 0 Å². The van der Waals surface area contributed by atoms with E-state index in [4.69, 9.17) is 4.42 Å². The SMILES string of the molecule is CCc1cc2c(-c3ccc(NC(=O)CI)cc3C(=O)O)c3cc(CC)c(=O)cc-3oc2cc1O. The van der Waals surface area contributed by atoms with E-state index in [0.29, 0.717) is 63.1 Å². The molecule has 3 N–H and O–H groups in total. The molecule has 0 unspecified atom stereocenters. The Labute approximate surface area is 208 Å². The van der Waals surface area contributed by atoms with Gasteiger partial charge in [-0.25, -0.2) is 4.79 Å². The lowest BCUT2D eigenvalue weighted by molar-refractivity contribution is -0.113. The first kappa shape index (κ1) is 23.7. The Morgan fingerprint density at radius 2 is 1.74 bits per heavy atom. The summed E-state index contributed by atoms with van der Waals surface area (Å²) in [6.45, 7) is 3.78. The Bertz CT molecular complexity index is 1470. The zero-order valence-electron chi connectivity index (χ0n) is 18.6. The average molecular weight is 571 g/mol. The molecule has 0 saturated heterocycles. The number of fused-ring (bicyclic) bond motifs is 2.